The lowest BCUT2D eigenvalue weighted by Crippen LogP contribution is -2.43. The maximum atomic E-state index is 13.2. The number of rotatable bonds is 5. The number of amides is 1. The van der Waals surface area contributed by atoms with Crippen LogP contribution in [0.4, 0.5) is 9.52 Å². The van der Waals surface area contributed by atoms with Gasteiger partial charge in [0.1, 0.15) is 11.4 Å². The number of para-hydroxylation sites is 1. The molecule has 8 nitrogen and oxygen atoms in total. The Labute approximate surface area is 204 Å². The number of halogens is 1. The molecule has 3 heterocycles. The fraction of sp³-hybridized carbons (Fsp3) is 0.208. The average molecular weight is 514 g/mol. The number of hydrogen-bond acceptors (Lipinski definition) is 7. The molecule has 0 aliphatic carbocycles. The summed E-state index contributed by atoms with van der Waals surface area (Å²) in [5, 5.41) is 5.45. The number of piperidine rings is 1. The van der Waals surface area contributed by atoms with Crippen LogP contribution >= 0.6 is 11.3 Å². The molecule has 1 fully saturated rings. The summed E-state index contributed by atoms with van der Waals surface area (Å²) >= 11 is 1.16. The molecule has 1 unspecified atom stereocenters. The zero-order valence-electron chi connectivity index (χ0n) is 18.3. The van der Waals surface area contributed by atoms with Crippen LogP contribution in [0.5, 0.6) is 0 Å². The molecule has 4 aromatic rings. The molecule has 0 radical (unpaired) electrons. The van der Waals surface area contributed by atoms with Gasteiger partial charge in [-0.25, -0.2) is 22.6 Å². The molecule has 1 aliphatic heterocycles. The molecular formula is C24H20FN3O5S2. The number of aromatic nitrogens is 1. The van der Waals surface area contributed by atoms with Gasteiger partial charge in [-0.15, -0.1) is 11.3 Å². The minimum atomic E-state index is -3.84. The Morgan fingerprint density at radius 1 is 1.17 bits per heavy atom. The van der Waals surface area contributed by atoms with Crippen molar-refractivity contribution < 1.29 is 22.0 Å². The molecule has 5 rings (SSSR count). The zero-order valence-corrected chi connectivity index (χ0v) is 19.9. The number of nitrogens with one attached hydrogen (secondary N) is 1. The number of nitrogens with zero attached hydrogens (tertiary/aromatic N) is 2. The molecule has 0 spiro atoms. The number of carbonyl (C=O) groups excluding carboxylic acids is 1. The maximum Gasteiger partial charge on any atom is 0.345 e. The second kappa shape index (κ2) is 9.33. The highest BCUT2D eigenvalue weighted by atomic mass is 32.2. The number of benzene rings is 2. The Morgan fingerprint density at radius 2 is 1.94 bits per heavy atom. The summed E-state index contributed by atoms with van der Waals surface area (Å²) in [7, 11) is -3.84. The summed E-state index contributed by atoms with van der Waals surface area (Å²) in [5.41, 5.74) is 0.617. The first-order valence-electron chi connectivity index (χ1n) is 10.9. The average Bonchev–Trinajstić information content (AvgIpc) is 3.32. The zero-order chi connectivity index (χ0) is 24.6. The van der Waals surface area contributed by atoms with Crippen LogP contribution in [0.25, 0.3) is 22.2 Å². The van der Waals surface area contributed by atoms with Crippen LogP contribution in [0.2, 0.25) is 0 Å². The third-order valence-electron chi connectivity index (χ3n) is 5.86. The summed E-state index contributed by atoms with van der Waals surface area (Å²) in [6.07, 6.45) is 1.04. The molecule has 35 heavy (non-hydrogen) atoms. The molecule has 2 aromatic heterocycles. The third kappa shape index (κ3) is 4.75. The van der Waals surface area contributed by atoms with Crippen molar-refractivity contribution in [1.82, 2.24) is 9.29 Å². The van der Waals surface area contributed by atoms with Gasteiger partial charge >= 0.3 is 5.63 Å². The van der Waals surface area contributed by atoms with E-state index in [2.05, 4.69) is 10.3 Å². The first-order chi connectivity index (χ1) is 16.8. The quantitative estimate of drug-likeness (QED) is 0.403. The van der Waals surface area contributed by atoms with E-state index in [1.165, 1.54) is 16.4 Å². The van der Waals surface area contributed by atoms with Crippen molar-refractivity contribution >= 4 is 43.4 Å². The second-order valence-electron chi connectivity index (χ2n) is 8.17. The number of thiazole rings is 1. The number of anilines is 1. The molecular weight excluding hydrogens is 493 g/mol. The summed E-state index contributed by atoms with van der Waals surface area (Å²) in [4.78, 5) is 29.7. The fourth-order valence-corrected chi connectivity index (χ4v) is 6.27. The van der Waals surface area contributed by atoms with Crippen molar-refractivity contribution in [2.24, 2.45) is 5.92 Å². The minimum Gasteiger partial charge on any atom is -0.422 e. The molecule has 180 valence electrons. The molecule has 2 aromatic carbocycles. The summed E-state index contributed by atoms with van der Waals surface area (Å²) in [6, 6.07) is 13.5. The first-order valence-corrected chi connectivity index (χ1v) is 13.2. The number of fused-ring (bicyclic) bond motifs is 1. The Kier molecular flexibility index (Phi) is 6.22. The van der Waals surface area contributed by atoms with Crippen LogP contribution in [-0.2, 0) is 14.8 Å². The highest BCUT2D eigenvalue weighted by molar-refractivity contribution is 7.89. The van der Waals surface area contributed by atoms with E-state index in [9.17, 15) is 22.4 Å². The summed E-state index contributed by atoms with van der Waals surface area (Å²) in [5.74, 6) is -1.45. The Morgan fingerprint density at radius 3 is 2.74 bits per heavy atom. The van der Waals surface area contributed by atoms with Gasteiger partial charge in [-0.2, -0.15) is 4.31 Å². The SMILES string of the molecule is O=C(Nc1nc(-c2cc3ccccc3oc2=O)cs1)C1CCCN(S(=O)(=O)c2ccc(F)cc2)C1. The van der Waals surface area contributed by atoms with Gasteiger partial charge in [-0.05, 0) is 49.2 Å². The normalized spacial score (nSPS) is 16.9. The van der Waals surface area contributed by atoms with Gasteiger partial charge in [0, 0.05) is 23.9 Å². The molecule has 1 aliphatic rings. The van der Waals surface area contributed by atoms with E-state index in [0.29, 0.717) is 29.3 Å². The van der Waals surface area contributed by atoms with Crippen LogP contribution in [0.3, 0.4) is 0 Å². The minimum absolute atomic E-state index is 0.0119. The highest BCUT2D eigenvalue weighted by Crippen LogP contribution is 2.28. The van der Waals surface area contributed by atoms with Crippen molar-refractivity contribution in [3.63, 3.8) is 0 Å². The van der Waals surface area contributed by atoms with Crippen molar-refractivity contribution in [1.29, 1.82) is 0 Å². The second-order valence-corrected chi connectivity index (χ2v) is 11.0. The van der Waals surface area contributed by atoms with Crippen LogP contribution in [-0.4, -0.2) is 36.7 Å². The summed E-state index contributed by atoms with van der Waals surface area (Å²) < 4.78 is 45.7. The van der Waals surface area contributed by atoms with E-state index in [1.807, 2.05) is 12.1 Å². The molecule has 1 atom stereocenters. The van der Waals surface area contributed by atoms with Gasteiger partial charge < -0.3 is 9.73 Å². The predicted octanol–water partition coefficient (Wildman–Crippen LogP) is 4.10. The van der Waals surface area contributed by atoms with Crippen molar-refractivity contribution in [2.75, 3.05) is 18.4 Å². The van der Waals surface area contributed by atoms with E-state index >= 15 is 0 Å². The molecule has 0 saturated carbocycles. The van der Waals surface area contributed by atoms with Crippen molar-refractivity contribution in [2.45, 2.75) is 17.7 Å². The van der Waals surface area contributed by atoms with E-state index < -0.39 is 27.4 Å². The number of carbonyl (C=O) groups is 1. The molecule has 1 N–H and O–H groups in total. The lowest BCUT2D eigenvalue weighted by Gasteiger charge is -2.31. The molecule has 11 heteroatoms. The topological polar surface area (TPSA) is 110 Å². The number of hydrogen-bond donors (Lipinski definition) is 1. The van der Waals surface area contributed by atoms with Crippen molar-refractivity contribution in [3.8, 4) is 11.3 Å². The predicted molar refractivity (Wildman–Crippen MR) is 130 cm³/mol. The van der Waals surface area contributed by atoms with Gasteiger partial charge in [-0.3, -0.25) is 4.79 Å². The lowest BCUT2D eigenvalue weighted by molar-refractivity contribution is -0.120. The Bertz CT molecular complexity index is 1560. The van der Waals surface area contributed by atoms with E-state index in [1.54, 1.807) is 23.6 Å². The summed E-state index contributed by atoms with van der Waals surface area (Å²) in [6.45, 7) is 0.292. The molecule has 0 bridgehead atoms. The van der Waals surface area contributed by atoms with Gasteiger partial charge in [-0.1, -0.05) is 18.2 Å². The lowest BCUT2D eigenvalue weighted by atomic mass is 9.99. The standard InChI is InChI=1S/C24H20FN3O5S2/c25-17-7-9-18(10-8-17)35(31,32)28-11-3-5-16(13-28)22(29)27-24-26-20(14-34-24)19-12-15-4-1-2-6-21(15)33-23(19)30/h1-2,4,6-10,12,14,16H,3,5,11,13H2,(H,26,27,29). The third-order valence-corrected chi connectivity index (χ3v) is 8.50. The monoisotopic (exact) mass is 513 g/mol. The van der Waals surface area contributed by atoms with E-state index in [-0.39, 0.29) is 29.5 Å². The Hall–Kier alpha value is -3.41. The maximum absolute atomic E-state index is 13.2. The van der Waals surface area contributed by atoms with Gasteiger partial charge in [0.25, 0.3) is 0 Å². The van der Waals surface area contributed by atoms with E-state index in [4.69, 9.17) is 4.42 Å². The van der Waals surface area contributed by atoms with Gasteiger partial charge in [0.05, 0.1) is 22.1 Å². The largest absolute Gasteiger partial charge is 0.422 e. The van der Waals surface area contributed by atoms with Crippen LogP contribution in [0, 0.1) is 11.7 Å². The highest BCUT2D eigenvalue weighted by Gasteiger charge is 2.33. The van der Waals surface area contributed by atoms with Crippen LogP contribution < -0.4 is 10.9 Å². The van der Waals surface area contributed by atoms with Crippen LogP contribution in [0.15, 0.2) is 74.1 Å². The first kappa shape index (κ1) is 23.3. The number of sulfonamides is 1. The van der Waals surface area contributed by atoms with Gasteiger partial charge in [0.15, 0.2) is 5.13 Å². The molecule has 1 saturated heterocycles. The van der Waals surface area contributed by atoms with Crippen LogP contribution in [0.1, 0.15) is 12.8 Å². The molecule has 1 amide bonds. The van der Waals surface area contributed by atoms with Crippen molar-refractivity contribution in [3.05, 3.63) is 76.2 Å². The Balaban J connectivity index is 1.30. The smallest absolute Gasteiger partial charge is 0.345 e. The van der Waals surface area contributed by atoms with Gasteiger partial charge in [0.2, 0.25) is 15.9 Å². The van der Waals surface area contributed by atoms with E-state index in [0.717, 1.165) is 28.9 Å². The fourth-order valence-electron chi connectivity index (χ4n) is 4.03.